The maximum absolute atomic E-state index is 9.66. The topological polar surface area (TPSA) is 23.5 Å². The van der Waals surface area contributed by atoms with Crippen LogP contribution in [0.2, 0.25) is 0 Å². The first-order valence-corrected chi connectivity index (χ1v) is 4.58. The van der Waals surface area contributed by atoms with Crippen LogP contribution in [0.25, 0.3) is 0 Å². The fourth-order valence-corrected chi connectivity index (χ4v) is 1.57. The Morgan fingerprint density at radius 3 is 2.75 bits per heavy atom. The highest BCUT2D eigenvalue weighted by Gasteiger charge is 2.38. The molecule has 1 heterocycles. The quantitative estimate of drug-likeness (QED) is 0.496. The number of hydrogen-bond donors (Lipinski definition) is 1. The van der Waals surface area contributed by atoms with Gasteiger partial charge in [-0.15, -0.1) is 12.3 Å². The zero-order valence-electron chi connectivity index (χ0n) is 7.71. The van der Waals surface area contributed by atoms with Crippen molar-refractivity contribution in [2.75, 3.05) is 19.6 Å². The minimum absolute atomic E-state index is 0.393. The lowest BCUT2D eigenvalue weighted by Crippen LogP contribution is -2.61. The van der Waals surface area contributed by atoms with Gasteiger partial charge in [0.15, 0.2) is 0 Å². The molecule has 1 saturated heterocycles. The molecule has 1 fully saturated rings. The molecule has 0 unspecified atom stereocenters. The first kappa shape index (κ1) is 9.57. The summed E-state index contributed by atoms with van der Waals surface area (Å²) in [5, 5.41) is 9.66. The molecule has 2 heteroatoms. The molecule has 0 aliphatic carbocycles. The number of terminal acetylenes is 1. The van der Waals surface area contributed by atoms with E-state index in [-0.39, 0.29) is 0 Å². The van der Waals surface area contributed by atoms with Gasteiger partial charge >= 0.3 is 0 Å². The molecule has 68 valence electrons. The molecule has 0 aromatic rings. The van der Waals surface area contributed by atoms with Crippen molar-refractivity contribution in [3.05, 3.63) is 0 Å². The van der Waals surface area contributed by atoms with E-state index in [2.05, 4.69) is 10.8 Å². The number of β-amino-alcohol motifs (C(OH)–C–C–N with tert-alkyl or cyclic N) is 1. The van der Waals surface area contributed by atoms with Crippen molar-refractivity contribution in [3.8, 4) is 12.3 Å². The molecule has 1 N–H and O–H groups in total. The second kappa shape index (κ2) is 3.93. The van der Waals surface area contributed by atoms with Crippen LogP contribution in [-0.4, -0.2) is 35.2 Å². The van der Waals surface area contributed by atoms with Crippen molar-refractivity contribution in [2.24, 2.45) is 0 Å². The second-order valence-corrected chi connectivity index (χ2v) is 3.60. The van der Waals surface area contributed by atoms with Crippen molar-refractivity contribution in [1.82, 2.24) is 4.90 Å². The molecular weight excluding hydrogens is 150 g/mol. The highest BCUT2D eigenvalue weighted by Crippen LogP contribution is 2.23. The zero-order valence-corrected chi connectivity index (χ0v) is 7.71. The summed E-state index contributed by atoms with van der Waals surface area (Å²) in [6.45, 7) is 4.72. The SMILES string of the molecule is C#CCCCN1CC(O)(CC)C1. The first-order chi connectivity index (χ1) is 5.70. The van der Waals surface area contributed by atoms with E-state index in [1.165, 1.54) is 0 Å². The highest BCUT2D eigenvalue weighted by atomic mass is 16.3. The van der Waals surface area contributed by atoms with E-state index in [1.807, 2.05) is 6.92 Å². The van der Waals surface area contributed by atoms with Crippen molar-refractivity contribution in [3.63, 3.8) is 0 Å². The van der Waals surface area contributed by atoms with E-state index in [0.29, 0.717) is 0 Å². The maximum Gasteiger partial charge on any atom is 0.0897 e. The van der Waals surface area contributed by atoms with Crippen molar-refractivity contribution in [2.45, 2.75) is 31.8 Å². The molecule has 1 aliphatic rings. The molecule has 1 aliphatic heterocycles. The highest BCUT2D eigenvalue weighted by molar-refractivity contribution is 4.94. The third kappa shape index (κ3) is 2.23. The fraction of sp³-hybridized carbons (Fsp3) is 0.800. The monoisotopic (exact) mass is 167 g/mol. The Morgan fingerprint density at radius 1 is 1.58 bits per heavy atom. The predicted molar refractivity (Wildman–Crippen MR) is 49.7 cm³/mol. The Bertz CT molecular complexity index is 177. The van der Waals surface area contributed by atoms with Crippen LogP contribution in [0.1, 0.15) is 26.2 Å². The minimum atomic E-state index is -0.393. The van der Waals surface area contributed by atoms with E-state index in [9.17, 15) is 5.11 Å². The number of rotatable bonds is 4. The summed E-state index contributed by atoms with van der Waals surface area (Å²) in [6, 6.07) is 0. The molecule has 1 rings (SSSR count). The van der Waals surface area contributed by atoms with Gasteiger partial charge in [-0.25, -0.2) is 0 Å². The third-order valence-corrected chi connectivity index (χ3v) is 2.49. The third-order valence-electron chi connectivity index (χ3n) is 2.49. The normalized spacial score (nSPS) is 21.4. The molecule has 0 aromatic heterocycles. The van der Waals surface area contributed by atoms with Gasteiger partial charge in [-0.2, -0.15) is 0 Å². The lowest BCUT2D eigenvalue weighted by Gasteiger charge is -2.46. The van der Waals surface area contributed by atoms with Crippen LogP contribution >= 0.6 is 0 Å². The van der Waals surface area contributed by atoms with Crippen LogP contribution in [0.3, 0.4) is 0 Å². The van der Waals surface area contributed by atoms with Crippen molar-refractivity contribution >= 4 is 0 Å². The van der Waals surface area contributed by atoms with Gasteiger partial charge in [-0.1, -0.05) is 6.92 Å². The second-order valence-electron chi connectivity index (χ2n) is 3.60. The van der Waals surface area contributed by atoms with Crippen LogP contribution in [0.5, 0.6) is 0 Å². The van der Waals surface area contributed by atoms with Crippen LogP contribution in [0.4, 0.5) is 0 Å². The zero-order chi connectivity index (χ0) is 9.03. The summed E-state index contributed by atoms with van der Waals surface area (Å²) in [4.78, 5) is 2.25. The molecule has 12 heavy (non-hydrogen) atoms. The van der Waals surface area contributed by atoms with E-state index in [0.717, 1.165) is 38.9 Å². The van der Waals surface area contributed by atoms with Gasteiger partial charge in [0.25, 0.3) is 0 Å². The smallest absolute Gasteiger partial charge is 0.0897 e. The Kier molecular flexibility index (Phi) is 3.13. The molecule has 0 spiro atoms. The summed E-state index contributed by atoms with van der Waals surface area (Å²) in [5.41, 5.74) is -0.393. The Morgan fingerprint density at radius 2 is 2.25 bits per heavy atom. The van der Waals surface area contributed by atoms with E-state index >= 15 is 0 Å². The molecule has 0 radical (unpaired) electrons. The molecular formula is C10H17NO. The number of unbranched alkanes of at least 4 members (excludes halogenated alkanes) is 1. The average molecular weight is 167 g/mol. The average Bonchev–Trinajstić information content (AvgIpc) is 2.01. The number of nitrogens with zero attached hydrogens (tertiary/aromatic N) is 1. The number of aliphatic hydroxyl groups is 1. The number of likely N-dealkylation sites (tertiary alicyclic amines) is 1. The van der Waals surface area contributed by atoms with Gasteiger partial charge in [-0.05, 0) is 19.4 Å². The standard InChI is InChI=1S/C10H17NO/c1-3-5-6-7-11-8-10(12,4-2)9-11/h1,12H,4-9H2,2H3. The van der Waals surface area contributed by atoms with Gasteiger partial charge < -0.3 is 5.11 Å². The largest absolute Gasteiger partial charge is 0.387 e. The molecule has 0 bridgehead atoms. The van der Waals surface area contributed by atoms with Crippen molar-refractivity contribution in [1.29, 1.82) is 0 Å². The van der Waals surface area contributed by atoms with Crippen LogP contribution in [0.15, 0.2) is 0 Å². The minimum Gasteiger partial charge on any atom is -0.387 e. The fourth-order valence-electron chi connectivity index (χ4n) is 1.57. The van der Waals surface area contributed by atoms with E-state index < -0.39 is 5.60 Å². The Labute approximate surface area is 74.6 Å². The number of hydrogen-bond acceptors (Lipinski definition) is 2. The predicted octanol–water partition coefficient (Wildman–Crippen LogP) is 0.857. The van der Waals surface area contributed by atoms with E-state index in [1.54, 1.807) is 0 Å². The molecule has 0 amide bonds. The van der Waals surface area contributed by atoms with Crippen molar-refractivity contribution < 1.29 is 5.11 Å². The van der Waals surface area contributed by atoms with Gasteiger partial charge in [0.1, 0.15) is 0 Å². The first-order valence-electron chi connectivity index (χ1n) is 4.58. The lowest BCUT2D eigenvalue weighted by atomic mass is 9.91. The molecule has 2 nitrogen and oxygen atoms in total. The Hall–Kier alpha value is -0.520. The molecule has 0 atom stereocenters. The van der Waals surface area contributed by atoms with Gasteiger partial charge in [0.05, 0.1) is 5.60 Å². The molecule has 0 aromatic carbocycles. The summed E-state index contributed by atoms with van der Waals surface area (Å²) in [5.74, 6) is 2.62. The van der Waals surface area contributed by atoms with E-state index in [4.69, 9.17) is 6.42 Å². The van der Waals surface area contributed by atoms with Crippen LogP contribution in [0, 0.1) is 12.3 Å². The van der Waals surface area contributed by atoms with Crippen LogP contribution in [-0.2, 0) is 0 Å². The summed E-state index contributed by atoms with van der Waals surface area (Å²) < 4.78 is 0. The van der Waals surface area contributed by atoms with Gasteiger partial charge in [0.2, 0.25) is 0 Å². The van der Waals surface area contributed by atoms with Gasteiger partial charge in [0, 0.05) is 19.5 Å². The van der Waals surface area contributed by atoms with Crippen LogP contribution < -0.4 is 0 Å². The Balaban J connectivity index is 2.06. The summed E-state index contributed by atoms with van der Waals surface area (Å²) >= 11 is 0. The summed E-state index contributed by atoms with van der Waals surface area (Å²) in [6.07, 6.45) is 7.90. The lowest BCUT2D eigenvalue weighted by molar-refractivity contribution is -0.0992. The molecule has 0 saturated carbocycles. The van der Waals surface area contributed by atoms with Gasteiger partial charge in [-0.3, -0.25) is 4.90 Å². The maximum atomic E-state index is 9.66. The summed E-state index contributed by atoms with van der Waals surface area (Å²) in [7, 11) is 0.